The molecule has 0 aliphatic rings. The van der Waals surface area contributed by atoms with Gasteiger partial charge in [0.05, 0.1) is 29.5 Å². The lowest BCUT2D eigenvalue weighted by Crippen LogP contribution is -2.39. The van der Waals surface area contributed by atoms with Crippen LogP contribution in [0.4, 0.5) is 24.5 Å². The van der Waals surface area contributed by atoms with Crippen LogP contribution in [0.3, 0.4) is 0 Å². The van der Waals surface area contributed by atoms with Crippen LogP contribution in [0.5, 0.6) is 11.5 Å². The van der Waals surface area contributed by atoms with Crippen LogP contribution in [-0.2, 0) is 25.8 Å². The van der Waals surface area contributed by atoms with E-state index < -0.39 is 34.2 Å². The molecule has 2 amide bonds. The van der Waals surface area contributed by atoms with Crippen molar-refractivity contribution in [2.45, 2.75) is 11.1 Å². The number of hydrogen-bond donors (Lipinski definition) is 2. The first-order valence-corrected chi connectivity index (χ1v) is 14.6. The highest BCUT2D eigenvalue weighted by Crippen LogP contribution is 2.33. The molecule has 0 bridgehead atoms. The molecule has 0 spiro atoms. The summed E-state index contributed by atoms with van der Waals surface area (Å²) in [7, 11) is -2.88. The molecule has 0 unspecified atom stereocenters. The summed E-state index contributed by atoms with van der Waals surface area (Å²) in [6.07, 6.45) is -3.45. The zero-order valence-electron chi connectivity index (χ0n) is 23.7. The molecular weight excluding hydrogens is 613 g/mol. The van der Waals surface area contributed by atoms with Crippen molar-refractivity contribution in [1.82, 2.24) is 5.43 Å². The normalized spacial score (nSPS) is 11.6. The number of halogens is 3. The number of carbonyl (C=O) groups excluding carboxylic acids is 2. The molecule has 0 aliphatic heterocycles. The number of sulfonamides is 1. The molecule has 4 rings (SSSR count). The average molecular weight is 641 g/mol. The van der Waals surface area contributed by atoms with E-state index in [2.05, 4.69) is 15.8 Å². The lowest BCUT2D eigenvalue weighted by Gasteiger charge is -2.24. The van der Waals surface area contributed by atoms with Crippen LogP contribution < -0.4 is 24.5 Å². The van der Waals surface area contributed by atoms with Gasteiger partial charge in [-0.2, -0.15) is 18.3 Å². The Kier molecular flexibility index (Phi) is 10.4. The number of carbonyl (C=O) groups is 2. The Morgan fingerprint density at radius 1 is 0.867 bits per heavy atom. The first-order valence-electron chi connectivity index (χ1n) is 13.2. The van der Waals surface area contributed by atoms with E-state index in [1.54, 1.807) is 54.6 Å². The summed E-state index contributed by atoms with van der Waals surface area (Å²) in [5.41, 5.74) is 1.88. The van der Waals surface area contributed by atoms with Crippen LogP contribution in [0.1, 0.15) is 11.1 Å². The van der Waals surface area contributed by atoms with Crippen molar-refractivity contribution >= 4 is 39.4 Å². The van der Waals surface area contributed by atoms with Crippen molar-refractivity contribution in [2.75, 3.05) is 29.9 Å². The third kappa shape index (κ3) is 9.06. The van der Waals surface area contributed by atoms with E-state index in [4.69, 9.17) is 9.47 Å². The van der Waals surface area contributed by atoms with E-state index in [0.717, 1.165) is 12.1 Å². The number of amides is 2. The van der Waals surface area contributed by atoms with Gasteiger partial charge in [0.2, 0.25) is 0 Å². The molecule has 0 radical (unpaired) electrons. The topological polar surface area (TPSA) is 126 Å². The van der Waals surface area contributed by atoms with Crippen LogP contribution in [0, 0.1) is 0 Å². The van der Waals surface area contributed by atoms with E-state index in [0.29, 0.717) is 33.1 Å². The number of alkyl halides is 3. The SMILES string of the molecule is COc1ccc(NC(=O)COc2ccc(/C=N\NC(=O)CN(c3cccc(C(F)(F)F)c3)S(=O)(=O)c3ccccc3)cc2)cc1. The number of benzene rings is 4. The molecule has 0 aliphatic carbocycles. The Hall–Kier alpha value is -5.37. The Bertz CT molecular complexity index is 1750. The lowest BCUT2D eigenvalue weighted by atomic mass is 10.2. The van der Waals surface area contributed by atoms with E-state index >= 15 is 0 Å². The molecule has 234 valence electrons. The summed E-state index contributed by atoms with van der Waals surface area (Å²) < 4.78 is 77.9. The fourth-order valence-electron chi connectivity index (χ4n) is 3.89. The highest BCUT2D eigenvalue weighted by atomic mass is 32.2. The first-order chi connectivity index (χ1) is 21.5. The predicted molar refractivity (Wildman–Crippen MR) is 162 cm³/mol. The number of nitrogens with zero attached hydrogens (tertiary/aromatic N) is 2. The summed E-state index contributed by atoms with van der Waals surface area (Å²) in [4.78, 5) is 24.7. The summed E-state index contributed by atoms with van der Waals surface area (Å²) in [6, 6.07) is 23.8. The molecule has 0 fully saturated rings. The number of hydrogen-bond acceptors (Lipinski definition) is 7. The smallest absolute Gasteiger partial charge is 0.416 e. The van der Waals surface area contributed by atoms with Gasteiger partial charge >= 0.3 is 6.18 Å². The maximum absolute atomic E-state index is 13.4. The second kappa shape index (κ2) is 14.4. The van der Waals surface area contributed by atoms with Crippen molar-refractivity contribution in [1.29, 1.82) is 0 Å². The number of rotatable bonds is 12. The molecule has 2 N–H and O–H groups in total. The summed E-state index contributed by atoms with van der Waals surface area (Å²) in [5.74, 6) is -0.225. The Balaban J connectivity index is 1.37. The molecule has 0 aromatic heterocycles. The van der Waals surface area contributed by atoms with E-state index in [9.17, 15) is 31.2 Å². The quantitative estimate of drug-likeness (QED) is 0.164. The van der Waals surface area contributed by atoms with Gasteiger partial charge in [-0.15, -0.1) is 0 Å². The summed E-state index contributed by atoms with van der Waals surface area (Å²) in [5, 5.41) is 6.52. The molecule has 4 aromatic carbocycles. The second-order valence-corrected chi connectivity index (χ2v) is 11.2. The number of anilines is 2. The second-order valence-electron chi connectivity index (χ2n) is 9.30. The minimum Gasteiger partial charge on any atom is -0.497 e. The van der Waals surface area contributed by atoms with Gasteiger partial charge in [-0.05, 0) is 84.4 Å². The van der Waals surface area contributed by atoms with Crippen molar-refractivity contribution < 1.29 is 40.7 Å². The first kappa shape index (κ1) is 32.5. The van der Waals surface area contributed by atoms with Gasteiger partial charge in [0.25, 0.3) is 21.8 Å². The van der Waals surface area contributed by atoms with Gasteiger partial charge in [-0.25, -0.2) is 13.8 Å². The van der Waals surface area contributed by atoms with Crippen LogP contribution in [0.25, 0.3) is 0 Å². The molecule has 0 heterocycles. The van der Waals surface area contributed by atoms with Crippen LogP contribution in [-0.4, -0.2) is 46.7 Å². The third-order valence-electron chi connectivity index (χ3n) is 6.11. The van der Waals surface area contributed by atoms with Gasteiger partial charge < -0.3 is 14.8 Å². The van der Waals surface area contributed by atoms with E-state index in [-0.39, 0.29) is 23.1 Å². The van der Waals surface area contributed by atoms with Crippen molar-refractivity contribution in [2.24, 2.45) is 5.10 Å². The minimum atomic E-state index is -4.73. The van der Waals surface area contributed by atoms with Crippen molar-refractivity contribution in [3.05, 3.63) is 114 Å². The maximum atomic E-state index is 13.4. The van der Waals surface area contributed by atoms with Crippen molar-refractivity contribution in [3.8, 4) is 11.5 Å². The number of nitrogens with one attached hydrogen (secondary N) is 2. The highest BCUT2D eigenvalue weighted by molar-refractivity contribution is 7.92. The van der Waals surface area contributed by atoms with E-state index in [1.807, 2.05) is 0 Å². The average Bonchev–Trinajstić information content (AvgIpc) is 3.03. The predicted octanol–water partition coefficient (Wildman–Crippen LogP) is 5.08. The third-order valence-corrected chi connectivity index (χ3v) is 7.89. The highest BCUT2D eigenvalue weighted by Gasteiger charge is 2.33. The van der Waals surface area contributed by atoms with Gasteiger partial charge in [0.1, 0.15) is 18.0 Å². The summed E-state index contributed by atoms with van der Waals surface area (Å²) >= 11 is 0. The molecule has 0 saturated heterocycles. The zero-order valence-corrected chi connectivity index (χ0v) is 24.5. The molecular formula is C31H27F3N4O6S. The minimum absolute atomic E-state index is 0.209. The Labute approximate surface area is 257 Å². The Morgan fingerprint density at radius 3 is 2.18 bits per heavy atom. The van der Waals surface area contributed by atoms with E-state index in [1.165, 1.54) is 43.7 Å². The monoisotopic (exact) mass is 640 g/mol. The van der Waals surface area contributed by atoms with Crippen molar-refractivity contribution in [3.63, 3.8) is 0 Å². The van der Waals surface area contributed by atoms with Crippen LogP contribution >= 0.6 is 0 Å². The standard InChI is InChI=1S/C31H27F3N4O6S/c1-43-26-16-12-24(13-17-26)36-30(40)21-44-27-14-10-22(11-15-27)19-35-37-29(39)20-38(45(41,42)28-8-3-2-4-9-28)25-7-5-6-23(18-25)31(32,33)34/h2-19H,20-21H2,1H3,(H,36,40)(H,37,39)/b35-19-. The number of ether oxygens (including phenoxy) is 2. The van der Waals surface area contributed by atoms with Gasteiger partial charge in [-0.3, -0.25) is 13.9 Å². The lowest BCUT2D eigenvalue weighted by molar-refractivity contribution is -0.137. The van der Waals surface area contributed by atoms with Crippen LogP contribution in [0.15, 0.2) is 113 Å². The molecule has 0 atom stereocenters. The molecule has 0 saturated carbocycles. The number of methoxy groups -OCH3 is 1. The largest absolute Gasteiger partial charge is 0.497 e. The van der Waals surface area contributed by atoms with Gasteiger partial charge in [-0.1, -0.05) is 24.3 Å². The number of hydrazone groups is 1. The molecule has 4 aromatic rings. The fraction of sp³-hybridized carbons (Fsp3) is 0.129. The van der Waals surface area contributed by atoms with Gasteiger partial charge in [0, 0.05) is 5.69 Å². The molecule has 45 heavy (non-hydrogen) atoms. The summed E-state index contributed by atoms with van der Waals surface area (Å²) in [6.45, 7) is -1.09. The maximum Gasteiger partial charge on any atom is 0.416 e. The molecule has 10 nitrogen and oxygen atoms in total. The molecule has 14 heteroatoms. The van der Waals surface area contributed by atoms with Gasteiger partial charge in [0.15, 0.2) is 6.61 Å². The zero-order chi connectivity index (χ0) is 32.5. The fourth-order valence-corrected chi connectivity index (χ4v) is 5.32. The van der Waals surface area contributed by atoms with Crippen LogP contribution in [0.2, 0.25) is 0 Å². The Morgan fingerprint density at radius 2 is 1.53 bits per heavy atom.